The first-order valence-electron chi connectivity index (χ1n) is 7.89. The van der Waals surface area contributed by atoms with Gasteiger partial charge in [0.25, 0.3) is 5.91 Å². The quantitative estimate of drug-likeness (QED) is 0.799. The summed E-state index contributed by atoms with van der Waals surface area (Å²) >= 11 is 0. The van der Waals surface area contributed by atoms with Crippen molar-refractivity contribution in [3.8, 4) is 0 Å². The van der Waals surface area contributed by atoms with Crippen LogP contribution in [0.15, 0.2) is 35.4 Å². The Morgan fingerprint density at radius 2 is 2.00 bits per heavy atom. The lowest BCUT2D eigenvalue weighted by atomic mass is 9.96. The third-order valence-corrected chi connectivity index (χ3v) is 3.94. The minimum atomic E-state index is -0.0322. The number of hydrogen-bond donors (Lipinski definition) is 1. The monoisotopic (exact) mass is 287 g/mol. The van der Waals surface area contributed by atoms with Crippen LogP contribution in [0.4, 0.5) is 0 Å². The van der Waals surface area contributed by atoms with Gasteiger partial charge in [0.15, 0.2) is 0 Å². The number of nitrogens with two attached hydrogens (primary N) is 1. The summed E-state index contributed by atoms with van der Waals surface area (Å²) in [7, 11) is 0. The lowest BCUT2D eigenvalue weighted by Crippen LogP contribution is -2.29. The summed E-state index contributed by atoms with van der Waals surface area (Å²) in [5.41, 5.74) is 7.88. The van der Waals surface area contributed by atoms with Gasteiger partial charge in [0.05, 0.1) is 11.6 Å². The number of amides is 1. The summed E-state index contributed by atoms with van der Waals surface area (Å²) in [6.45, 7) is 3.40. The van der Waals surface area contributed by atoms with E-state index in [1.807, 2.05) is 18.2 Å². The standard InChI is InChI=1S/C17H25N3O/c1-2-16-15(11-6-12-18)17(21)20(19-16)13-7-10-14-8-4-3-5-9-14/h3-5,8-9,15H,2,6-7,10-13,18H2,1H3. The molecule has 2 N–H and O–H groups in total. The molecule has 4 nitrogen and oxygen atoms in total. The molecule has 1 unspecified atom stereocenters. The fourth-order valence-electron chi connectivity index (χ4n) is 2.76. The third-order valence-electron chi connectivity index (χ3n) is 3.94. The van der Waals surface area contributed by atoms with Crippen LogP contribution in [0.2, 0.25) is 0 Å². The predicted octanol–water partition coefficient (Wildman–Crippen LogP) is 2.58. The lowest BCUT2D eigenvalue weighted by molar-refractivity contribution is -0.132. The Balaban J connectivity index is 1.86. The number of nitrogens with zero attached hydrogens (tertiary/aromatic N) is 2. The van der Waals surface area contributed by atoms with E-state index in [2.05, 4.69) is 24.2 Å². The minimum absolute atomic E-state index is 0.0322. The molecule has 2 rings (SSSR count). The molecule has 114 valence electrons. The molecule has 1 atom stereocenters. The molecule has 21 heavy (non-hydrogen) atoms. The first-order chi connectivity index (χ1) is 10.3. The predicted molar refractivity (Wildman–Crippen MR) is 86.0 cm³/mol. The average molecular weight is 287 g/mol. The zero-order chi connectivity index (χ0) is 15.1. The molecule has 0 aromatic heterocycles. The van der Waals surface area contributed by atoms with Gasteiger partial charge in [-0.15, -0.1) is 0 Å². The van der Waals surface area contributed by atoms with Crippen molar-refractivity contribution in [2.45, 2.75) is 39.0 Å². The molecular formula is C17H25N3O. The maximum atomic E-state index is 12.4. The summed E-state index contributed by atoms with van der Waals surface area (Å²) in [6, 6.07) is 10.4. The van der Waals surface area contributed by atoms with Crippen molar-refractivity contribution in [3.63, 3.8) is 0 Å². The van der Waals surface area contributed by atoms with Crippen molar-refractivity contribution >= 4 is 11.6 Å². The Bertz CT molecular complexity index is 484. The van der Waals surface area contributed by atoms with E-state index in [4.69, 9.17) is 5.73 Å². The van der Waals surface area contributed by atoms with Gasteiger partial charge in [0.1, 0.15) is 0 Å². The molecule has 1 amide bonds. The van der Waals surface area contributed by atoms with Crippen molar-refractivity contribution in [2.75, 3.05) is 13.1 Å². The molecule has 0 fully saturated rings. The number of carbonyl (C=O) groups excluding carboxylic acids is 1. The largest absolute Gasteiger partial charge is 0.330 e. The van der Waals surface area contributed by atoms with Crippen LogP contribution < -0.4 is 5.73 Å². The van der Waals surface area contributed by atoms with Gasteiger partial charge in [0, 0.05) is 6.54 Å². The van der Waals surface area contributed by atoms with E-state index >= 15 is 0 Å². The molecule has 4 heteroatoms. The van der Waals surface area contributed by atoms with Gasteiger partial charge in [-0.1, -0.05) is 37.3 Å². The summed E-state index contributed by atoms with van der Waals surface area (Å²) in [5.74, 6) is 0.128. The van der Waals surface area contributed by atoms with Gasteiger partial charge in [-0.25, -0.2) is 5.01 Å². The third kappa shape index (κ3) is 4.14. The second kappa shape index (κ2) is 7.93. The molecule has 0 aliphatic carbocycles. The minimum Gasteiger partial charge on any atom is -0.330 e. The van der Waals surface area contributed by atoms with Crippen molar-refractivity contribution < 1.29 is 4.79 Å². The highest BCUT2D eigenvalue weighted by atomic mass is 16.2. The van der Waals surface area contributed by atoms with Crippen LogP contribution in [0.3, 0.4) is 0 Å². The smallest absolute Gasteiger partial charge is 0.251 e. The first kappa shape index (κ1) is 15.7. The number of benzene rings is 1. The maximum Gasteiger partial charge on any atom is 0.251 e. The molecule has 0 saturated heterocycles. The normalized spacial score (nSPS) is 18.2. The van der Waals surface area contributed by atoms with Crippen LogP contribution in [0.1, 0.15) is 38.2 Å². The Morgan fingerprint density at radius 1 is 1.24 bits per heavy atom. The number of hydrogen-bond acceptors (Lipinski definition) is 3. The van der Waals surface area contributed by atoms with Crippen LogP contribution >= 0.6 is 0 Å². The topological polar surface area (TPSA) is 58.7 Å². The van der Waals surface area contributed by atoms with E-state index in [-0.39, 0.29) is 11.8 Å². The van der Waals surface area contributed by atoms with Gasteiger partial charge in [-0.3, -0.25) is 4.79 Å². The van der Waals surface area contributed by atoms with Gasteiger partial charge >= 0.3 is 0 Å². The molecular weight excluding hydrogens is 262 g/mol. The maximum absolute atomic E-state index is 12.4. The number of carbonyl (C=O) groups is 1. The molecule has 0 bridgehead atoms. The fraction of sp³-hybridized carbons (Fsp3) is 0.529. The Hall–Kier alpha value is -1.68. The van der Waals surface area contributed by atoms with Crippen molar-refractivity contribution in [2.24, 2.45) is 16.8 Å². The average Bonchev–Trinajstić information content (AvgIpc) is 2.82. The van der Waals surface area contributed by atoms with Crippen molar-refractivity contribution in [1.29, 1.82) is 0 Å². The lowest BCUT2D eigenvalue weighted by Gasteiger charge is -2.14. The van der Waals surface area contributed by atoms with Gasteiger partial charge < -0.3 is 5.73 Å². The molecule has 0 spiro atoms. The van der Waals surface area contributed by atoms with Gasteiger partial charge in [0.2, 0.25) is 0 Å². The van der Waals surface area contributed by atoms with E-state index < -0.39 is 0 Å². The summed E-state index contributed by atoms with van der Waals surface area (Å²) in [4.78, 5) is 12.4. The van der Waals surface area contributed by atoms with E-state index in [0.29, 0.717) is 13.1 Å². The van der Waals surface area contributed by atoms with E-state index in [1.54, 1.807) is 5.01 Å². The SMILES string of the molecule is CCC1=NN(CCCc2ccccc2)C(=O)C1CCCN. The highest BCUT2D eigenvalue weighted by Crippen LogP contribution is 2.22. The van der Waals surface area contributed by atoms with Crippen LogP contribution in [0.5, 0.6) is 0 Å². The zero-order valence-corrected chi connectivity index (χ0v) is 12.8. The Morgan fingerprint density at radius 3 is 2.67 bits per heavy atom. The van der Waals surface area contributed by atoms with E-state index in [1.165, 1.54) is 5.56 Å². The van der Waals surface area contributed by atoms with Gasteiger partial charge in [-0.05, 0) is 44.2 Å². The number of rotatable bonds is 8. The second-order valence-electron chi connectivity index (χ2n) is 5.48. The first-order valence-corrected chi connectivity index (χ1v) is 7.89. The molecule has 1 aliphatic rings. The fourth-order valence-corrected chi connectivity index (χ4v) is 2.76. The summed E-state index contributed by atoms with van der Waals surface area (Å²) in [5, 5.41) is 6.18. The molecule has 1 aromatic carbocycles. The highest BCUT2D eigenvalue weighted by Gasteiger charge is 2.33. The van der Waals surface area contributed by atoms with Crippen LogP contribution in [0.25, 0.3) is 0 Å². The van der Waals surface area contributed by atoms with Crippen LogP contribution in [-0.4, -0.2) is 29.7 Å². The number of aryl methyl sites for hydroxylation is 1. The van der Waals surface area contributed by atoms with E-state index in [9.17, 15) is 4.79 Å². The van der Waals surface area contributed by atoms with Crippen LogP contribution in [0, 0.1) is 5.92 Å². The molecule has 0 radical (unpaired) electrons. The molecule has 0 saturated carbocycles. The van der Waals surface area contributed by atoms with Crippen molar-refractivity contribution in [1.82, 2.24) is 5.01 Å². The summed E-state index contributed by atoms with van der Waals surface area (Å²) in [6.07, 6.45) is 4.48. The van der Waals surface area contributed by atoms with Gasteiger partial charge in [-0.2, -0.15) is 5.10 Å². The number of hydrazone groups is 1. The zero-order valence-electron chi connectivity index (χ0n) is 12.8. The Labute approximate surface area is 127 Å². The van der Waals surface area contributed by atoms with E-state index in [0.717, 1.165) is 37.8 Å². The van der Waals surface area contributed by atoms with Crippen molar-refractivity contribution in [3.05, 3.63) is 35.9 Å². The molecule has 1 aromatic rings. The van der Waals surface area contributed by atoms with Crippen LogP contribution in [-0.2, 0) is 11.2 Å². The molecule has 1 aliphatic heterocycles. The molecule has 1 heterocycles. The second-order valence-corrected chi connectivity index (χ2v) is 5.48. The highest BCUT2D eigenvalue weighted by molar-refractivity contribution is 6.07. The Kier molecular flexibility index (Phi) is 5.93. The summed E-state index contributed by atoms with van der Waals surface area (Å²) < 4.78 is 0.